The Morgan fingerprint density at radius 1 is 1.52 bits per heavy atom. The molecule has 1 aliphatic rings. The number of thiazole rings is 1. The first-order valence-corrected chi connectivity index (χ1v) is 8.44. The van der Waals surface area contributed by atoms with Crippen LogP contribution in [0.3, 0.4) is 0 Å². The predicted molar refractivity (Wildman–Crippen MR) is 87.8 cm³/mol. The third-order valence-corrected chi connectivity index (χ3v) is 5.03. The lowest BCUT2D eigenvalue weighted by molar-refractivity contribution is 0.0939. The first-order chi connectivity index (χ1) is 10.0. The number of rotatable bonds is 5. The minimum absolute atomic E-state index is 0.119. The van der Waals surface area contributed by atoms with E-state index in [-0.39, 0.29) is 18.0 Å². The van der Waals surface area contributed by atoms with Gasteiger partial charge in [-0.05, 0) is 25.7 Å². The molecule has 2 heterocycles. The van der Waals surface area contributed by atoms with Crippen molar-refractivity contribution in [2.24, 2.45) is 5.73 Å². The molecule has 1 aliphatic heterocycles. The van der Waals surface area contributed by atoms with Crippen molar-refractivity contribution < 1.29 is 4.79 Å². The van der Waals surface area contributed by atoms with Crippen LogP contribution >= 0.6 is 11.3 Å². The third kappa shape index (κ3) is 3.85. The van der Waals surface area contributed by atoms with E-state index in [9.17, 15) is 4.79 Å². The van der Waals surface area contributed by atoms with Crippen molar-refractivity contribution in [2.75, 3.05) is 23.7 Å². The van der Waals surface area contributed by atoms with Crippen molar-refractivity contribution in [1.29, 1.82) is 0 Å². The average Bonchev–Trinajstić information content (AvgIpc) is 2.86. The Kier molecular flexibility index (Phi) is 5.41. The quantitative estimate of drug-likeness (QED) is 0.767. The second kappa shape index (κ2) is 7.09. The molecule has 1 unspecified atom stereocenters. The summed E-state index contributed by atoms with van der Waals surface area (Å²) in [7, 11) is 0. The number of nitrogens with two attached hydrogens (primary N) is 2. The molecule has 21 heavy (non-hydrogen) atoms. The second-order valence-electron chi connectivity index (χ2n) is 5.55. The van der Waals surface area contributed by atoms with Crippen molar-refractivity contribution in [3.05, 3.63) is 4.88 Å². The molecule has 0 bridgehead atoms. The molecule has 0 spiro atoms. The van der Waals surface area contributed by atoms with Gasteiger partial charge >= 0.3 is 0 Å². The van der Waals surface area contributed by atoms with E-state index in [1.165, 1.54) is 11.3 Å². The molecular formula is C14H25N5OS. The van der Waals surface area contributed by atoms with Crippen molar-refractivity contribution in [3.8, 4) is 0 Å². The summed E-state index contributed by atoms with van der Waals surface area (Å²) >= 11 is 1.36. The number of aromatic nitrogens is 1. The maximum Gasteiger partial charge on any atom is 0.265 e. The van der Waals surface area contributed by atoms with Gasteiger partial charge in [0.15, 0.2) is 5.13 Å². The molecule has 0 aliphatic carbocycles. The maximum atomic E-state index is 12.3. The molecule has 1 atom stereocenters. The molecule has 0 saturated carbocycles. The second-order valence-corrected chi connectivity index (χ2v) is 6.52. The standard InChI is InChI=1S/C14H25N5OS/c1-3-10(4-2)17-13(20)11-12(16)18-14(21-11)19-7-5-6-9(15)8-19/h9-10H,3-8,15-16H2,1-2H3,(H,17,20). The lowest BCUT2D eigenvalue weighted by Crippen LogP contribution is -2.42. The van der Waals surface area contributed by atoms with Gasteiger partial charge in [-0.1, -0.05) is 25.2 Å². The predicted octanol–water partition coefficient (Wildman–Crippen LogP) is 1.57. The molecule has 1 saturated heterocycles. The highest BCUT2D eigenvalue weighted by atomic mass is 32.1. The Morgan fingerprint density at radius 3 is 2.86 bits per heavy atom. The van der Waals surface area contributed by atoms with Crippen LogP contribution in [0, 0.1) is 0 Å². The topological polar surface area (TPSA) is 97.3 Å². The molecule has 5 N–H and O–H groups in total. The number of hydrogen-bond donors (Lipinski definition) is 3. The van der Waals surface area contributed by atoms with E-state index in [0.717, 1.165) is 43.9 Å². The van der Waals surface area contributed by atoms with E-state index in [1.807, 2.05) is 0 Å². The summed E-state index contributed by atoms with van der Waals surface area (Å²) in [6, 6.07) is 0.358. The minimum Gasteiger partial charge on any atom is -0.382 e. The van der Waals surface area contributed by atoms with E-state index in [2.05, 4.69) is 29.0 Å². The van der Waals surface area contributed by atoms with Crippen molar-refractivity contribution in [2.45, 2.75) is 51.6 Å². The van der Waals surface area contributed by atoms with Crippen LogP contribution in [-0.2, 0) is 0 Å². The Bertz CT molecular complexity index is 486. The lowest BCUT2D eigenvalue weighted by atomic mass is 10.1. The third-order valence-electron chi connectivity index (χ3n) is 3.90. The Morgan fingerprint density at radius 2 is 2.24 bits per heavy atom. The minimum atomic E-state index is -0.119. The molecule has 1 aromatic rings. The molecule has 118 valence electrons. The molecule has 1 aromatic heterocycles. The van der Waals surface area contributed by atoms with Gasteiger partial charge in [-0.3, -0.25) is 4.79 Å². The van der Waals surface area contributed by atoms with Crippen LogP contribution in [0.15, 0.2) is 0 Å². The van der Waals surface area contributed by atoms with Crippen LogP contribution in [0.2, 0.25) is 0 Å². The summed E-state index contributed by atoms with van der Waals surface area (Å²) in [5, 5.41) is 3.81. The van der Waals surface area contributed by atoms with Gasteiger partial charge < -0.3 is 21.7 Å². The lowest BCUT2D eigenvalue weighted by Gasteiger charge is -2.30. The van der Waals surface area contributed by atoms with Crippen LogP contribution in [-0.4, -0.2) is 36.1 Å². The summed E-state index contributed by atoms with van der Waals surface area (Å²) in [5.74, 6) is 0.198. The van der Waals surface area contributed by atoms with Gasteiger partial charge in [0.1, 0.15) is 10.7 Å². The Hall–Kier alpha value is -1.34. The highest BCUT2D eigenvalue weighted by Crippen LogP contribution is 2.30. The maximum absolute atomic E-state index is 12.3. The number of carbonyl (C=O) groups excluding carboxylic acids is 1. The van der Waals surface area contributed by atoms with Crippen molar-refractivity contribution >= 4 is 28.2 Å². The summed E-state index contributed by atoms with van der Waals surface area (Å²) in [4.78, 5) is 19.3. The fourth-order valence-corrected chi connectivity index (χ4v) is 3.47. The van der Waals surface area contributed by atoms with Crippen LogP contribution in [0.5, 0.6) is 0 Å². The fraction of sp³-hybridized carbons (Fsp3) is 0.714. The van der Waals surface area contributed by atoms with Crippen LogP contribution in [0.4, 0.5) is 10.9 Å². The largest absolute Gasteiger partial charge is 0.382 e. The number of carbonyl (C=O) groups is 1. The van der Waals surface area contributed by atoms with Crippen molar-refractivity contribution in [3.63, 3.8) is 0 Å². The number of nitrogens with zero attached hydrogens (tertiary/aromatic N) is 2. The number of hydrogen-bond acceptors (Lipinski definition) is 6. The van der Waals surface area contributed by atoms with Gasteiger partial charge in [-0.2, -0.15) is 0 Å². The van der Waals surface area contributed by atoms with E-state index in [0.29, 0.717) is 10.7 Å². The first kappa shape index (κ1) is 16.0. The summed E-state index contributed by atoms with van der Waals surface area (Å²) in [6.07, 6.45) is 3.92. The molecular weight excluding hydrogens is 286 g/mol. The highest BCUT2D eigenvalue weighted by Gasteiger charge is 2.24. The zero-order valence-electron chi connectivity index (χ0n) is 12.8. The smallest absolute Gasteiger partial charge is 0.265 e. The van der Waals surface area contributed by atoms with E-state index in [1.54, 1.807) is 0 Å². The summed E-state index contributed by atoms with van der Waals surface area (Å²) in [6.45, 7) is 5.82. The van der Waals surface area contributed by atoms with Crippen LogP contribution in [0.1, 0.15) is 49.2 Å². The molecule has 0 radical (unpaired) electrons. The first-order valence-electron chi connectivity index (χ1n) is 7.62. The van der Waals surface area contributed by atoms with Crippen molar-refractivity contribution in [1.82, 2.24) is 10.3 Å². The fourth-order valence-electron chi connectivity index (χ4n) is 2.55. The Labute approximate surface area is 129 Å². The number of nitrogen functional groups attached to an aromatic ring is 1. The molecule has 2 rings (SSSR count). The van der Waals surface area contributed by atoms with E-state index >= 15 is 0 Å². The summed E-state index contributed by atoms with van der Waals surface area (Å²) < 4.78 is 0. The van der Waals surface area contributed by atoms with Gasteiger partial charge in [0.25, 0.3) is 5.91 Å². The van der Waals surface area contributed by atoms with Gasteiger partial charge in [-0.25, -0.2) is 4.98 Å². The number of piperidine rings is 1. The molecule has 1 amide bonds. The van der Waals surface area contributed by atoms with E-state index in [4.69, 9.17) is 11.5 Å². The average molecular weight is 311 g/mol. The van der Waals surface area contributed by atoms with Crippen LogP contribution < -0.4 is 21.7 Å². The van der Waals surface area contributed by atoms with E-state index < -0.39 is 0 Å². The SMILES string of the molecule is CCC(CC)NC(=O)c1sc(N2CCCC(N)C2)nc1N. The number of anilines is 2. The van der Waals surface area contributed by atoms with Gasteiger partial charge in [0.2, 0.25) is 0 Å². The normalized spacial score (nSPS) is 19.0. The van der Waals surface area contributed by atoms with Crippen LogP contribution in [0.25, 0.3) is 0 Å². The van der Waals surface area contributed by atoms with Gasteiger partial charge in [0, 0.05) is 25.2 Å². The monoisotopic (exact) mass is 311 g/mol. The van der Waals surface area contributed by atoms with Gasteiger partial charge in [-0.15, -0.1) is 0 Å². The van der Waals surface area contributed by atoms with Gasteiger partial charge in [0.05, 0.1) is 0 Å². The number of amides is 1. The summed E-state index contributed by atoms with van der Waals surface area (Å²) in [5.41, 5.74) is 11.9. The molecule has 0 aromatic carbocycles. The zero-order chi connectivity index (χ0) is 15.4. The molecule has 6 nitrogen and oxygen atoms in total. The molecule has 1 fully saturated rings. The number of nitrogens with one attached hydrogen (secondary N) is 1. The zero-order valence-corrected chi connectivity index (χ0v) is 13.6. The molecule has 7 heteroatoms. The Balaban J connectivity index is 2.09. The highest BCUT2D eigenvalue weighted by molar-refractivity contribution is 7.18.